The molecule has 3 aliphatic heterocycles. The van der Waals surface area contributed by atoms with E-state index in [2.05, 4.69) is 35.9 Å². The van der Waals surface area contributed by atoms with E-state index in [0.29, 0.717) is 6.04 Å². The Kier molecular flexibility index (Phi) is 3.65. The predicted octanol–water partition coefficient (Wildman–Crippen LogP) is 0.620. The van der Waals surface area contributed by atoms with Crippen molar-refractivity contribution < 1.29 is 0 Å². The van der Waals surface area contributed by atoms with Gasteiger partial charge in [-0.1, -0.05) is 13.8 Å². The van der Waals surface area contributed by atoms with Gasteiger partial charge in [-0.05, 0) is 12.8 Å². The number of piperazine rings is 3. The zero-order chi connectivity index (χ0) is 10.8. The molecule has 0 saturated carbocycles. The molecule has 2 bridgehead atoms. The summed E-state index contributed by atoms with van der Waals surface area (Å²) in [5.74, 6) is 0.737. The first-order chi connectivity index (χ1) is 7.16. The van der Waals surface area contributed by atoms with E-state index in [0.717, 1.165) is 18.5 Å². The van der Waals surface area contributed by atoms with Gasteiger partial charge in [-0.15, -0.1) is 0 Å². The van der Waals surface area contributed by atoms with Crippen LogP contribution in [0.1, 0.15) is 20.8 Å². The minimum atomic E-state index is 0.640. The van der Waals surface area contributed by atoms with Gasteiger partial charge in [0.15, 0.2) is 0 Å². The Morgan fingerprint density at radius 1 is 1.13 bits per heavy atom. The Morgan fingerprint density at radius 3 is 2.27 bits per heavy atom. The van der Waals surface area contributed by atoms with Crippen LogP contribution in [0, 0.1) is 5.92 Å². The van der Waals surface area contributed by atoms with E-state index in [1.165, 1.54) is 32.7 Å². The molecule has 3 aliphatic rings. The second-order valence-corrected chi connectivity index (χ2v) is 5.43. The van der Waals surface area contributed by atoms with Crippen LogP contribution in [0.2, 0.25) is 0 Å². The van der Waals surface area contributed by atoms with E-state index in [1.807, 2.05) is 0 Å². The maximum Gasteiger partial charge on any atom is 0.0349 e. The van der Waals surface area contributed by atoms with Crippen molar-refractivity contribution in [2.45, 2.75) is 32.9 Å². The predicted molar refractivity (Wildman–Crippen MR) is 64.1 cm³/mol. The molecule has 0 spiro atoms. The average molecular weight is 211 g/mol. The lowest BCUT2D eigenvalue weighted by atomic mass is 10.0. The normalized spacial score (nSPS) is 37.2. The lowest BCUT2D eigenvalue weighted by Gasteiger charge is -2.47. The quantitative estimate of drug-likeness (QED) is 0.735. The third-order valence-corrected chi connectivity index (χ3v) is 4.07. The molecule has 0 amide bonds. The number of nitrogens with one attached hydrogen (secondary N) is 1. The van der Waals surface area contributed by atoms with Gasteiger partial charge in [-0.25, -0.2) is 0 Å². The van der Waals surface area contributed by atoms with Gasteiger partial charge in [0.25, 0.3) is 0 Å². The standard InChI is InChI=1S/C12H25N3/c1-10(2)11(3)13-8-12-9-14-4-6-15(12)7-5-14/h10-13H,4-9H2,1-3H3/t11-,12+/m1/s1. The summed E-state index contributed by atoms with van der Waals surface area (Å²) in [5.41, 5.74) is 0. The number of hydrogen-bond donors (Lipinski definition) is 1. The van der Waals surface area contributed by atoms with Gasteiger partial charge in [-0.3, -0.25) is 9.80 Å². The summed E-state index contributed by atoms with van der Waals surface area (Å²) in [6.07, 6.45) is 0. The van der Waals surface area contributed by atoms with Gasteiger partial charge in [0.2, 0.25) is 0 Å². The third-order valence-electron chi connectivity index (χ3n) is 4.07. The maximum absolute atomic E-state index is 3.67. The number of rotatable bonds is 4. The molecule has 3 heterocycles. The van der Waals surface area contributed by atoms with Crippen molar-refractivity contribution in [1.82, 2.24) is 15.1 Å². The fourth-order valence-corrected chi connectivity index (χ4v) is 2.48. The molecule has 0 aromatic rings. The monoisotopic (exact) mass is 211 g/mol. The zero-order valence-electron chi connectivity index (χ0n) is 10.4. The first-order valence-corrected chi connectivity index (χ1v) is 6.36. The highest BCUT2D eigenvalue weighted by Crippen LogP contribution is 2.15. The molecule has 0 aromatic carbocycles. The van der Waals surface area contributed by atoms with Gasteiger partial charge in [0, 0.05) is 51.4 Å². The molecule has 0 radical (unpaired) electrons. The van der Waals surface area contributed by atoms with Crippen LogP contribution in [0.25, 0.3) is 0 Å². The van der Waals surface area contributed by atoms with Crippen LogP contribution in [0.15, 0.2) is 0 Å². The SMILES string of the molecule is CC(C)[C@@H](C)NC[C@H]1CN2CCN1CC2. The molecule has 3 fully saturated rings. The molecule has 0 unspecified atom stereocenters. The molecule has 3 rings (SSSR count). The molecule has 3 heteroatoms. The largest absolute Gasteiger partial charge is 0.312 e. The first kappa shape index (κ1) is 11.4. The lowest BCUT2D eigenvalue weighted by Crippen LogP contribution is -2.63. The lowest BCUT2D eigenvalue weighted by molar-refractivity contribution is 0.0124. The molecule has 0 aliphatic carbocycles. The second-order valence-electron chi connectivity index (χ2n) is 5.43. The van der Waals surface area contributed by atoms with Crippen molar-refractivity contribution in [3.8, 4) is 0 Å². The van der Waals surface area contributed by atoms with E-state index in [1.54, 1.807) is 0 Å². The van der Waals surface area contributed by atoms with Crippen LogP contribution in [-0.2, 0) is 0 Å². The Balaban J connectivity index is 1.75. The molecule has 15 heavy (non-hydrogen) atoms. The van der Waals surface area contributed by atoms with E-state index in [-0.39, 0.29) is 0 Å². The summed E-state index contributed by atoms with van der Waals surface area (Å²) in [6.45, 7) is 14.4. The molecule has 0 aromatic heterocycles. The molecule has 1 N–H and O–H groups in total. The van der Waals surface area contributed by atoms with Crippen molar-refractivity contribution in [3.05, 3.63) is 0 Å². The topological polar surface area (TPSA) is 18.5 Å². The Hall–Kier alpha value is -0.120. The van der Waals surface area contributed by atoms with Crippen LogP contribution < -0.4 is 5.32 Å². The highest BCUT2D eigenvalue weighted by atomic mass is 15.3. The van der Waals surface area contributed by atoms with Crippen molar-refractivity contribution >= 4 is 0 Å². The zero-order valence-corrected chi connectivity index (χ0v) is 10.4. The van der Waals surface area contributed by atoms with Crippen LogP contribution in [0.5, 0.6) is 0 Å². The Morgan fingerprint density at radius 2 is 1.80 bits per heavy atom. The maximum atomic E-state index is 3.67. The molecule has 3 nitrogen and oxygen atoms in total. The first-order valence-electron chi connectivity index (χ1n) is 6.36. The number of hydrogen-bond acceptors (Lipinski definition) is 3. The summed E-state index contributed by atoms with van der Waals surface area (Å²) in [4.78, 5) is 5.26. The summed E-state index contributed by atoms with van der Waals surface area (Å²) < 4.78 is 0. The minimum Gasteiger partial charge on any atom is -0.312 e. The highest BCUT2D eigenvalue weighted by Gasteiger charge is 2.31. The van der Waals surface area contributed by atoms with Crippen LogP contribution in [0.4, 0.5) is 0 Å². The third kappa shape index (κ3) is 2.71. The second kappa shape index (κ2) is 4.81. The average Bonchev–Trinajstić information content (AvgIpc) is 2.27. The van der Waals surface area contributed by atoms with E-state index >= 15 is 0 Å². The summed E-state index contributed by atoms with van der Waals surface area (Å²) in [5, 5.41) is 3.67. The van der Waals surface area contributed by atoms with Crippen molar-refractivity contribution in [1.29, 1.82) is 0 Å². The minimum absolute atomic E-state index is 0.640. The Labute approximate surface area is 93.8 Å². The van der Waals surface area contributed by atoms with Crippen LogP contribution in [-0.4, -0.2) is 61.2 Å². The fraction of sp³-hybridized carbons (Fsp3) is 1.00. The summed E-state index contributed by atoms with van der Waals surface area (Å²) >= 11 is 0. The van der Waals surface area contributed by atoms with Gasteiger partial charge in [-0.2, -0.15) is 0 Å². The molecule has 88 valence electrons. The van der Waals surface area contributed by atoms with E-state index < -0.39 is 0 Å². The van der Waals surface area contributed by atoms with E-state index in [9.17, 15) is 0 Å². The van der Waals surface area contributed by atoms with Gasteiger partial charge in [0.1, 0.15) is 0 Å². The van der Waals surface area contributed by atoms with E-state index in [4.69, 9.17) is 0 Å². The molecular formula is C12H25N3. The molecule has 3 saturated heterocycles. The Bertz CT molecular complexity index is 197. The summed E-state index contributed by atoms with van der Waals surface area (Å²) in [6, 6.07) is 1.40. The fourth-order valence-electron chi connectivity index (χ4n) is 2.48. The van der Waals surface area contributed by atoms with Gasteiger partial charge in [0.05, 0.1) is 0 Å². The van der Waals surface area contributed by atoms with Crippen molar-refractivity contribution in [3.63, 3.8) is 0 Å². The number of nitrogens with zero attached hydrogens (tertiary/aromatic N) is 2. The number of fused-ring (bicyclic) bond motifs is 3. The van der Waals surface area contributed by atoms with Gasteiger partial charge < -0.3 is 5.32 Å². The van der Waals surface area contributed by atoms with Crippen LogP contribution >= 0.6 is 0 Å². The molecular weight excluding hydrogens is 186 g/mol. The smallest absolute Gasteiger partial charge is 0.0349 e. The molecule has 2 atom stereocenters. The highest BCUT2D eigenvalue weighted by molar-refractivity contribution is 4.89. The van der Waals surface area contributed by atoms with Crippen LogP contribution in [0.3, 0.4) is 0 Å². The van der Waals surface area contributed by atoms with Crippen molar-refractivity contribution in [2.24, 2.45) is 5.92 Å². The van der Waals surface area contributed by atoms with Gasteiger partial charge >= 0.3 is 0 Å². The summed E-state index contributed by atoms with van der Waals surface area (Å²) in [7, 11) is 0. The van der Waals surface area contributed by atoms with Crippen molar-refractivity contribution in [2.75, 3.05) is 39.3 Å².